The molecule has 0 aliphatic carbocycles. The van der Waals surface area contributed by atoms with Gasteiger partial charge in [-0.25, -0.2) is 0 Å². The third kappa shape index (κ3) is 5.67. The Balaban J connectivity index is -0.000000245. The number of rotatable bonds is 1. The molecule has 8 heteroatoms. The minimum atomic E-state index is -5.01. The third-order valence-corrected chi connectivity index (χ3v) is 1.18. The van der Waals surface area contributed by atoms with Crippen molar-refractivity contribution in [3.63, 3.8) is 0 Å². The molecular formula is C2H12N3O4P. The molecule has 0 rings (SSSR count). The molecule has 0 atom stereocenters. The standard InChI is InChI=1S/C2H6NO4P.2H3N/c1-3-2(4)8(5,6)7;;/h1H3,(H,3,4)(H2,5,6,7);2*1H3. The van der Waals surface area contributed by atoms with Crippen molar-refractivity contribution < 1.29 is 19.1 Å². The summed E-state index contributed by atoms with van der Waals surface area (Å²) in [6, 6.07) is 0. The zero-order valence-electron chi connectivity index (χ0n) is 6.08. The number of carbonyl (C=O) groups excluding carboxylic acids is 1. The van der Waals surface area contributed by atoms with Crippen LogP contribution >= 0.6 is 7.60 Å². The number of nitrogens with one attached hydrogen (secondary N) is 1. The monoisotopic (exact) mass is 173 g/mol. The summed E-state index contributed by atoms with van der Waals surface area (Å²) in [4.78, 5) is 29.1. The Kier molecular flexibility index (Phi) is 8.68. The van der Waals surface area contributed by atoms with Gasteiger partial charge in [-0.1, -0.05) is 0 Å². The van der Waals surface area contributed by atoms with Crippen molar-refractivity contribution in [3.8, 4) is 0 Å². The third-order valence-electron chi connectivity index (χ3n) is 0.463. The topological polar surface area (TPSA) is 165 Å². The van der Waals surface area contributed by atoms with Crippen molar-refractivity contribution >= 4 is 13.2 Å². The lowest BCUT2D eigenvalue weighted by Crippen LogP contribution is -2.28. The number of carbonyl (C=O) groups is 1. The first-order valence-corrected chi connectivity index (χ1v) is 3.27. The summed E-state index contributed by atoms with van der Waals surface area (Å²) >= 11 is 0. The van der Waals surface area contributed by atoms with Gasteiger partial charge in [0.25, 0.3) is 0 Å². The Hall–Kier alpha value is -0.460. The first-order chi connectivity index (χ1) is 3.48. The van der Waals surface area contributed by atoms with E-state index >= 15 is 0 Å². The van der Waals surface area contributed by atoms with E-state index in [-0.39, 0.29) is 12.3 Å². The molecule has 9 N–H and O–H groups in total. The van der Waals surface area contributed by atoms with Crippen LogP contribution in [0.2, 0.25) is 0 Å². The molecule has 0 spiro atoms. The Morgan fingerprint density at radius 3 is 1.70 bits per heavy atom. The second-order valence-corrected chi connectivity index (χ2v) is 2.45. The molecule has 0 aliphatic heterocycles. The molecule has 0 bridgehead atoms. The molecule has 10 heavy (non-hydrogen) atoms. The average molecular weight is 173 g/mol. The number of hydrogen-bond acceptors (Lipinski definition) is 4. The summed E-state index contributed by atoms with van der Waals surface area (Å²) in [6.07, 6.45) is 0. The SMILES string of the molecule is CNC(=O)P(=O)([O-])[O-].[NH4+].[NH4+]. The van der Waals surface area contributed by atoms with Crippen LogP contribution in [-0.4, -0.2) is 12.7 Å². The van der Waals surface area contributed by atoms with E-state index in [1.807, 2.05) is 0 Å². The van der Waals surface area contributed by atoms with E-state index in [9.17, 15) is 19.1 Å². The molecule has 7 nitrogen and oxygen atoms in total. The molecule has 0 aromatic heterocycles. The van der Waals surface area contributed by atoms with Crippen LogP contribution in [-0.2, 0) is 4.57 Å². The lowest BCUT2D eigenvalue weighted by atomic mass is 11.2. The molecular weight excluding hydrogens is 161 g/mol. The number of hydrogen-bond donors (Lipinski definition) is 3. The molecule has 0 heterocycles. The molecule has 0 saturated heterocycles. The lowest BCUT2D eigenvalue weighted by molar-refractivity contribution is -0.307. The van der Waals surface area contributed by atoms with E-state index in [2.05, 4.69) is 0 Å². The Labute approximate surface area is 58.1 Å². The quantitative estimate of drug-likeness (QED) is 0.432. The van der Waals surface area contributed by atoms with Crippen molar-refractivity contribution in [2.45, 2.75) is 0 Å². The van der Waals surface area contributed by atoms with Crippen LogP contribution in [0.15, 0.2) is 0 Å². The van der Waals surface area contributed by atoms with Crippen molar-refractivity contribution in [1.82, 2.24) is 17.6 Å². The number of amides is 1. The number of quaternary nitrogens is 2. The molecule has 0 aromatic carbocycles. The van der Waals surface area contributed by atoms with Gasteiger partial charge in [-0.05, 0) is 0 Å². The summed E-state index contributed by atoms with van der Waals surface area (Å²) in [7, 11) is -3.93. The van der Waals surface area contributed by atoms with Gasteiger partial charge in [0.15, 0.2) is 0 Å². The molecule has 0 aliphatic rings. The van der Waals surface area contributed by atoms with Gasteiger partial charge in [0.2, 0.25) is 5.65 Å². The first-order valence-electron chi connectivity index (χ1n) is 1.73. The minimum Gasteiger partial charge on any atom is -0.804 e. The van der Waals surface area contributed by atoms with Crippen LogP contribution in [0.5, 0.6) is 0 Å². The van der Waals surface area contributed by atoms with Gasteiger partial charge < -0.3 is 32.0 Å². The van der Waals surface area contributed by atoms with Crippen molar-refractivity contribution in [2.75, 3.05) is 7.05 Å². The average Bonchev–Trinajstić information content (AvgIpc) is 1.62. The van der Waals surface area contributed by atoms with E-state index in [1.165, 1.54) is 0 Å². The fourth-order valence-electron chi connectivity index (χ4n) is 0.137. The van der Waals surface area contributed by atoms with Crippen LogP contribution < -0.4 is 27.4 Å². The van der Waals surface area contributed by atoms with Gasteiger partial charge in [-0.3, -0.25) is 4.79 Å². The fourth-order valence-corrected chi connectivity index (χ4v) is 0.411. The molecule has 0 saturated carbocycles. The van der Waals surface area contributed by atoms with Crippen molar-refractivity contribution in [2.24, 2.45) is 0 Å². The Morgan fingerprint density at radius 1 is 1.40 bits per heavy atom. The highest BCUT2D eigenvalue weighted by molar-refractivity contribution is 7.67. The predicted molar refractivity (Wildman–Crippen MR) is 34.0 cm³/mol. The van der Waals surface area contributed by atoms with Gasteiger partial charge >= 0.3 is 0 Å². The van der Waals surface area contributed by atoms with Gasteiger partial charge in [0.05, 0.1) is 0 Å². The zero-order chi connectivity index (χ0) is 6.78. The lowest BCUT2D eigenvalue weighted by Gasteiger charge is -2.25. The molecule has 0 aromatic rings. The van der Waals surface area contributed by atoms with Gasteiger partial charge in [-0.2, -0.15) is 0 Å². The molecule has 0 radical (unpaired) electrons. The molecule has 0 fully saturated rings. The van der Waals surface area contributed by atoms with Crippen LogP contribution in [0, 0.1) is 0 Å². The highest BCUT2D eigenvalue weighted by atomic mass is 31.2. The Bertz CT molecular complexity index is 141. The summed E-state index contributed by atoms with van der Waals surface area (Å²) in [5.74, 6) is 0. The van der Waals surface area contributed by atoms with Crippen LogP contribution in [0.25, 0.3) is 0 Å². The summed E-state index contributed by atoms with van der Waals surface area (Å²) in [5.41, 5.74) is -1.47. The molecule has 0 unspecified atom stereocenters. The smallest absolute Gasteiger partial charge is 0.249 e. The van der Waals surface area contributed by atoms with Crippen molar-refractivity contribution in [3.05, 3.63) is 0 Å². The van der Waals surface area contributed by atoms with E-state index in [1.54, 1.807) is 5.32 Å². The first kappa shape index (κ1) is 16.3. The Morgan fingerprint density at radius 2 is 1.70 bits per heavy atom. The minimum absolute atomic E-state index is 0. The van der Waals surface area contributed by atoms with Gasteiger partial charge in [0.1, 0.15) is 0 Å². The maximum absolute atomic E-state index is 9.83. The highest BCUT2D eigenvalue weighted by Gasteiger charge is 1.99. The van der Waals surface area contributed by atoms with Gasteiger partial charge in [-0.15, -0.1) is 0 Å². The van der Waals surface area contributed by atoms with E-state index < -0.39 is 13.2 Å². The normalized spacial score (nSPS) is 8.70. The van der Waals surface area contributed by atoms with E-state index in [0.717, 1.165) is 7.05 Å². The van der Waals surface area contributed by atoms with Crippen LogP contribution in [0.4, 0.5) is 4.79 Å². The predicted octanol–water partition coefficient (Wildman–Crippen LogP) is -1.01. The fraction of sp³-hybridized carbons (Fsp3) is 0.500. The second-order valence-electron chi connectivity index (χ2n) is 1.05. The summed E-state index contributed by atoms with van der Waals surface area (Å²) in [6.45, 7) is 0. The zero-order valence-corrected chi connectivity index (χ0v) is 6.97. The van der Waals surface area contributed by atoms with E-state index in [4.69, 9.17) is 0 Å². The maximum Gasteiger partial charge on any atom is 0.249 e. The molecule has 64 valence electrons. The van der Waals surface area contributed by atoms with Crippen molar-refractivity contribution in [1.29, 1.82) is 0 Å². The second kappa shape index (κ2) is 5.33. The highest BCUT2D eigenvalue weighted by Crippen LogP contribution is 2.22. The maximum atomic E-state index is 9.83. The molecule has 1 amide bonds. The summed E-state index contributed by atoms with van der Waals surface area (Å²) < 4.78 is 9.62. The summed E-state index contributed by atoms with van der Waals surface area (Å²) in [5, 5.41) is 1.68. The van der Waals surface area contributed by atoms with Gasteiger partial charge in [0, 0.05) is 14.6 Å². The van der Waals surface area contributed by atoms with Crippen LogP contribution in [0.3, 0.4) is 0 Å². The van der Waals surface area contributed by atoms with Crippen LogP contribution in [0.1, 0.15) is 0 Å². The van der Waals surface area contributed by atoms with E-state index in [0.29, 0.717) is 0 Å². The largest absolute Gasteiger partial charge is 0.804 e.